The predicted octanol–water partition coefficient (Wildman–Crippen LogP) is 5.59. The van der Waals surface area contributed by atoms with Gasteiger partial charge in [0.2, 0.25) is 0 Å². The number of para-hydroxylation sites is 1. The van der Waals surface area contributed by atoms with Gasteiger partial charge in [-0.1, -0.05) is 36.8 Å². The summed E-state index contributed by atoms with van der Waals surface area (Å²) in [5.41, 5.74) is 5.94. The highest BCUT2D eigenvalue weighted by atomic mass is 16.1. The lowest BCUT2D eigenvalue weighted by Crippen LogP contribution is -2.47. The molecule has 0 aliphatic carbocycles. The van der Waals surface area contributed by atoms with E-state index in [-0.39, 0.29) is 5.91 Å². The molecule has 3 aromatic rings. The number of aryl methyl sites for hydroxylation is 2. The second-order valence-corrected chi connectivity index (χ2v) is 10.7. The summed E-state index contributed by atoms with van der Waals surface area (Å²) in [6.07, 6.45) is 7.71. The van der Waals surface area contributed by atoms with E-state index >= 15 is 0 Å². The van der Waals surface area contributed by atoms with Gasteiger partial charge in [0.15, 0.2) is 0 Å². The first-order valence-corrected chi connectivity index (χ1v) is 13.8. The Morgan fingerprint density at radius 1 is 0.944 bits per heavy atom. The summed E-state index contributed by atoms with van der Waals surface area (Å²) in [6.45, 7) is 10.9. The average molecular weight is 485 g/mol. The highest BCUT2D eigenvalue weighted by Gasteiger charge is 2.25. The second-order valence-electron chi connectivity index (χ2n) is 10.7. The van der Waals surface area contributed by atoms with Gasteiger partial charge in [-0.3, -0.25) is 4.79 Å². The average Bonchev–Trinajstić information content (AvgIpc) is 2.92. The van der Waals surface area contributed by atoms with E-state index in [1.165, 1.54) is 69.4 Å². The van der Waals surface area contributed by atoms with Crippen LogP contribution in [0.2, 0.25) is 0 Å². The van der Waals surface area contributed by atoms with Gasteiger partial charge in [0.25, 0.3) is 5.91 Å². The van der Waals surface area contributed by atoms with Crippen molar-refractivity contribution < 1.29 is 4.79 Å². The number of amides is 1. The van der Waals surface area contributed by atoms with Gasteiger partial charge in [-0.25, -0.2) is 4.98 Å². The predicted molar refractivity (Wildman–Crippen MR) is 148 cm³/mol. The van der Waals surface area contributed by atoms with Gasteiger partial charge >= 0.3 is 0 Å². The summed E-state index contributed by atoms with van der Waals surface area (Å²) in [5.74, 6) is -0.0116. The molecule has 190 valence electrons. The molecular weight excluding hydrogens is 444 g/mol. The number of pyridine rings is 1. The Bertz CT molecular complexity index is 1190. The zero-order valence-corrected chi connectivity index (χ0v) is 21.9. The summed E-state index contributed by atoms with van der Waals surface area (Å²) in [4.78, 5) is 23.4. The molecule has 0 saturated carbocycles. The fourth-order valence-electron chi connectivity index (χ4n) is 5.80. The molecule has 0 atom stereocenters. The largest absolute Gasteiger partial charge is 0.352 e. The van der Waals surface area contributed by atoms with E-state index in [1.807, 2.05) is 30.3 Å². The summed E-state index contributed by atoms with van der Waals surface area (Å²) in [7, 11) is 0. The van der Waals surface area contributed by atoms with Crippen LogP contribution in [0.1, 0.15) is 60.0 Å². The number of piperidine rings is 2. The standard InChI is InChI=1S/C31H40N4O/c1-23-11-12-25(21-24(23)2)30-22-28(27-9-4-5-10-29(27)33-30)31(36)32-15-8-16-34-19-13-26(14-20-34)35-17-6-3-7-18-35/h4-5,9-12,21-22,26H,3,6-8,13-20H2,1-2H3,(H,32,36). The minimum Gasteiger partial charge on any atom is -0.352 e. The van der Waals surface area contributed by atoms with Gasteiger partial charge in [-0.2, -0.15) is 0 Å². The monoisotopic (exact) mass is 484 g/mol. The Kier molecular flexibility index (Phi) is 7.98. The number of hydrogen-bond acceptors (Lipinski definition) is 4. The van der Waals surface area contributed by atoms with Crippen LogP contribution in [0.5, 0.6) is 0 Å². The van der Waals surface area contributed by atoms with Crippen molar-refractivity contribution in [3.63, 3.8) is 0 Å². The Morgan fingerprint density at radius 3 is 2.50 bits per heavy atom. The van der Waals surface area contributed by atoms with E-state index in [1.54, 1.807) is 0 Å². The Balaban J connectivity index is 1.18. The Morgan fingerprint density at radius 2 is 1.72 bits per heavy atom. The molecule has 0 bridgehead atoms. The number of rotatable bonds is 7. The van der Waals surface area contributed by atoms with E-state index in [4.69, 9.17) is 4.98 Å². The SMILES string of the molecule is Cc1ccc(-c2cc(C(=O)NCCCN3CCC(N4CCCCC4)CC3)c3ccccc3n2)cc1C. The maximum atomic E-state index is 13.3. The van der Waals surface area contributed by atoms with E-state index in [9.17, 15) is 4.79 Å². The van der Waals surface area contributed by atoms with Gasteiger partial charge in [-0.05, 0) is 108 Å². The van der Waals surface area contributed by atoms with Crippen molar-refractivity contribution in [2.45, 2.75) is 58.4 Å². The van der Waals surface area contributed by atoms with Crippen LogP contribution >= 0.6 is 0 Å². The summed E-state index contributed by atoms with van der Waals surface area (Å²) in [5, 5.41) is 4.09. The molecule has 36 heavy (non-hydrogen) atoms. The lowest BCUT2D eigenvalue weighted by atomic mass is 10.00. The number of fused-ring (bicyclic) bond motifs is 1. The van der Waals surface area contributed by atoms with Crippen molar-refractivity contribution in [2.75, 3.05) is 39.3 Å². The Labute approximate surface area is 215 Å². The minimum atomic E-state index is -0.0116. The Hall–Kier alpha value is -2.76. The number of likely N-dealkylation sites (tertiary alicyclic amines) is 2. The van der Waals surface area contributed by atoms with Crippen LogP contribution in [-0.2, 0) is 0 Å². The molecule has 2 aliphatic heterocycles. The molecule has 1 aromatic heterocycles. The third kappa shape index (κ3) is 5.79. The van der Waals surface area contributed by atoms with Crippen molar-refractivity contribution >= 4 is 16.8 Å². The first-order chi connectivity index (χ1) is 17.6. The number of nitrogens with one attached hydrogen (secondary N) is 1. The quantitative estimate of drug-likeness (QED) is 0.444. The molecule has 2 fully saturated rings. The van der Waals surface area contributed by atoms with E-state index in [0.717, 1.165) is 41.2 Å². The van der Waals surface area contributed by atoms with Crippen LogP contribution in [-0.4, -0.2) is 66.0 Å². The molecule has 3 heterocycles. The van der Waals surface area contributed by atoms with Crippen molar-refractivity contribution in [2.24, 2.45) is 0 Å². The van der Waals surface area contributed by atoms with Gasteiger partial charge in [0.1, 0.15) is 0 Å². The fourth-order valence-corrected chi connectivity index (χ4v) is 5.80. The summed E-state index contributed by atoms with van der Waals surface area (Å²) < 4.78 is 0. The van der Waals surface area contributed by atoms with Crippen LogP contribution in [0.15, 0.2) is 48.5 Å². The zero-order chi connectivity index (χ0) is 24.9. The lowest BCUT2D eigenvalue weighted by Gasteiger charge is -2.40. The van der Waals surface area contributed by atoms with Crippen LogP contribution < -0.4 is 5.32 Å². The maximum absolute atomic E-state index is 13.3. The highest BCUT2D eigenvalue weighted by Crippen LogP contribution is 2.26. The third-order valence-corrected chi connectivity index (χ3v) is 8.16. The first-order valence-electron chi connectivity index (χ1n) is 13.8. The first kappa shape index (κ1) is 24.9. The number of hydrogen-bond donors (Lipinski definition) is 1. The topological polar surface area (TPSA) is 48.5 Å². The number of carbonyl (C=O) groups excluding carboxylic acids is 1. The smallest absolute Gasteiger partial charge is 0.252 e. The van der Waals surface area contributed by atoms with Gasteiger partial charge in [0, 0.05) is 23.5 Å². The number of aromatic nitrogens is 1. The van der Waals surface area contributed by atoms with Crippen molar-refractivity contribution in [1.82, 2.24) is 20.1 Å². The normalized spacial score (nSPS) is 17.9. The van der Waals surface area contributed by atoms with E-state index in [2.05, 4.69) is 47.2 Å². The molecule has 0 spiro atoms. The van der Waals surface area contributed by atoms with Crippen LogP contribution in [0.3, 0.4) is 0 Å². The zero-order valence-electron chi connectivity index (χ0n) is 21.9. The van der Waals surface area contributed by atoms with E-state index in [0.29, 0.717) is 12.1 Å². The second kappa shape index (κ2) is 11.5. The van der Waals surface area contributed by atoms with Crippen LogP contribution in [0.25, 0.3) is 22.2 Å². The van der Waals surface area contributed by atoms with Crippen LogP contribution in [0, 0.1) is 13.8 Å². The van der Waals surface area contributed by atoms with E-state index < -0.39 is 0 Å². The van der Waals surface area contributed by atoms with Gasteiger partial charge in [0.05, 0.1) is 16.8 Å². The van der Waals surface area contributed by atoms with Gasteiger partial charge < -0.3 is 15.1 Å². The number of nitrogens with zero attached hydrogens (tertiary/aromatic N) is 3. The molecule has 2 saturated heterocycles. The van der Waals surface area contributed by atoms with Crippen molar-refractivity contribution in [1.29, 1.82) is 0 Å². The maximum Gasteiger partial charge on any atom is 0.252 e. The number of carbonyl (C=O) groups is 1. The molecule has 5 nitrogen and oxygen atoms in total. The molecule has 2 aliphatic rings. The van der Waals surface area contributed by atoms with Gasteiger partial charge in [-0.15, -0.1) is 0 Å². The molecule has 0 unspecified atom stereocenters. The molecule has 0 radical (unpaired) electrons. The molecule has 1 N–H and O–H groups in total. The highest BCUT2D eigenvalue weighted by molar-refractivity contribution is 6.07. The molecule has 2 aromatic carbocycles. The lowest BCUT2D eigenvalue weighted by molar-refractivity contribution is 0.0903. The summed E-state index contributed by atoms with van der Waals surface area (Å²) in [6, 6.07) is 17.0. The fraction of sp³-hybridized carbons (Fsp3) is 0.484. The molecular formula is C31H40N4O. The minimum absolute atomic E-state index is 0.0116. The number of benzene rings is 2. The molecule has 5 heteroatoms. The molecule has 5 rings (SSSR count). The van der Waals surface area contributed by atoms with Crippen molar-refractivity contribution in [3.05, 3.63) is 65.2 Å². The van der Waals surface area contributed by atoms with Crippen molar-refractivity contribution in [3.8, 4) is 11.3 Å². The third-order valence-electron chi connectivity index (χ3n) is 8.16. The van der Waals surface area contributed by atoms with Crippen LogP contribution in [0.4, 0.5) is 0 Å². The molecule has 1 amide bonds. The summed E-state index contributed by atoms with van der Waals surface area (Å²) >= 11 is 0.